The molecule has 0 aromatic rings. The van der Waals surface area contributed by atoms with Crippen LogP contribution in [0, 0.1) is 0 Å². The van der Waals surface area contributed by atoms with E-state index < -0.39 is 0 Å². The average molecular weight is 197 g/mol. The van der Waals surface area contributed by atoms with Crippen molar-refractivity contribution >= 4 is 11.8 Å². The zero-order valence-electron chi connectivity index (χ0n) is 8.08. The number of nitrogens with zero attached hydrogens (tertiary/aromatic N) is 1. The van der Waals surface area contributed by atoms with Crippen molar-refractivity contribution in [3.05, 3.63) is 0 Å². The van der Waals surface area contributed by atoms with E-state index in [2.05, 4.69) is 10.6 Å². The Labute approximate surface area is 82.8 Å². The van der Waals surface area contributed by atoms with Gasteiger partial charge in [-0.05, 0) is 6.42 Å². The second kappa shape index (κ2) is 3.96. The molecule has 5 nitrogen and oxygen atoms in total. The molecule has 2 N–H and O–H groups in total. The summed E-state index contributed by atoms with van der Waals surface area (Å²) in [6, 6.07) is -0.263. The van der Waals surface area contributed by atoms with Gasteiger partial charge in [-0.3, -0.25) is 9.59 Å². The summed E-state index contributed by atoms with van der Waals surface area (Å²) in [5.74, 6) is 0.0795. The normalized spacial score (nSPS) is 27.6. The first kappa shape index (κ1) is 9.45. The van der Waals surface area contributed by atoms with Crippen LogP contribution in [0.25, 0.3) is 0 Å². The number of hydrogen-bond acceptors (Lipinski definition) is 3. The third-order valence-corrected chi connectivity index (χ3v) is 2.72. The van der Waals surface area contributed by atoms with Gasteiger partial charge >= 0.3 is 0 Å². The Morgan fingerprint density at radius 3 is 2.64 bits per heavy atom. The van der Waals surface area contributed by atoms with Crippen molar-refractivity contribution in [1.82, 2.24) is 15.5 Å². The predicted octanol–water partition coefficient (Wildman–Crippen LogP) is -1.30. The summed E-state index contributed by atoms with van der Waals surface area (Å²) in [5.41, 5.74) is 0. The van der Waals surface area contributed by atoms with E-state index in [9.17, 15) is 9.59 Å². The van der Waals surface area contributed by atoms with E-state index in [-0.39, 0.29) is 17.9 Å². The van der Waals surface area contributed by atoms with Gasteiger partial charge in [-0.15, -0.1) is 0 Å². The van der Waals surface area contributed by atoms with Gasteiger partial charge in [0.15, 0.2) is 0 Å². The molecule has 2 fully saturated rings. The summed E-state index contributed by atoms with van der Waals surface area (Å²) in [5, 5.41) is 5.89. The molecular formula is C9H15N3O2. The van der Waals surface area contributed by atoms with Gasteiger partial charge < -0.3 is 15.5 Å². The van der Waals surface area contributed by atoms with Crippen LogP contribution in [0.5, 0.6) is 0 Å². The molecule has 78 valence electrons. The summed E-state index contributed by atoms with van der Waals surface area (Å²) in [7, 11) is 0. The van der Waals surface area contributed by atoms with Gasteiger partial charge in [0.25, 0.3) is 0 Å². The van der Waals surface area contributed by atoms with Crippen molar-refractivity contribution in [2.45, 2.75) is 18.9 Å². The average Bonchev–Trinajstić information content (AvgIpc) is 2.65. The van der Waals surface area contributed by atoms with Crippen LogP contribution >= 0.6 is 0 Å². The molecule has 14 heavy (non-hydrogen) atoms. The first-order chi connectivity index (χ1) is 6.77. The number of carbonyl (C=O) groups is 2. The van der Waals surface area contributed by atoms with E-state index >= 15 is 0 Å². The van der Waals surface area contributed by atoms with Crippen molar-refractivity contribution in [1.29, 1.82) is 0 Å². The molecule has 0 aliphatic carbocycles. The van der Waals surface area contributed by atoms with Crippen LogP contribution in [0.2, 0.25) is 0 Å². The van der Waals surface area contributed by atoms with Crippen molar-refractivity contribution < 1.29 is 9.59 Å². The number of carbonyl (C=O) groups excluding carboxylic acids is 2. The predicted molar refractivity (Wildman–Crippen MR) is 50.6 cm³/mol. The lowest BCUT2D eigenvalue weighted by Crippen LogP contribution is -2.52. The summed E-state index contributed by atoms with van der Waals surface area (Å²) >= 11 is 0. The fourth-order valence-corrected chi connectivity index (χ4v) is 1.90. The molecule has 5 heteroatoms. The molecule has 0 aromatic heterocycles. The lowest BCUT2D eigenvalue weighted by Gasteiger charge is -2.29. The highest BCUT2D eigenvalue weighted by Crippen LogP contribution is 2.10. The minimum absolute atomic E-state index is 0.00140. The minimum Gasteiger partial charge on any atom is -0.344 e. The molecule has 0 unspecified atom stereocenters. The van der Waals surface area contributed by atoms with Crippen LogP contribution in [0.4, 0.5) is 0 Å². The highest BCUT2D eigenvalue weighted by molar-refractivity contribution is 5.90. The van der Waals surface area contributed by atoms with Gasteiger partial charge in [-0.2, -0.15) is 0 Å². The fourth-order valence-electron chi connectivity index (χ4n) is 1.90. The number of nitrogens with one attached hydrogen (secondary N) is 2. The first-order valence-electron chi connectivity index (χ1n) is 5.06. The maximum atomic E-state index is 11.8. The van der Waals surface area contributed by atoms with Crippen molar-refractivity contribution in [3.8, 4) is 0 Å². The lowest BCUT2D eigenvalue weighted by molar-refractivity contribution is -0.134. The molecule has 0 saturated carbocycles. The van der Waals surface area contributed by atoms with Crippen molar-refractivity contribution in [2.75, 3.05) is 26.2 Å². The SMILES string of the molecule is O=C1CC[C@@H](C(=O)N2CCNCC2)N1. The largest absolute Gasteiger partial charge is 0.344 e. The topological polar surface area (TPSA) is 61.4 Å². The zero-order chi connectivity index (χ0) is 9.97. The molecule has 2 aliphatic heterocycles. The summed E-state index contributed by atoms with van der Waals surface area (Å²) in [4.78, 5) is 24.6. The molecule has 2 rings (SSSR count). The molecule has 2 amide bonds. The van der Waals surface area contributed by atoms with Crippen molar-refractivity contribution in [2.24, 2.45) is 0 Å². The minimum atomic E-state index is -0.263. The molecule has 0 radical (unpaired) electrons. The monoisotopic (exact) mass is 197 g/mol. The number of amides is 2. The van der Waals surface area contributed by atoms with E-state index in [1.54, 1.807) is 0 Å². The van der Waals surface area contributed by atoms with Crippen molar-refractivity contribution in [3.63, 3.8) is 0 Å². The van der Waals surface area contributed by atoms with Gasteiger partial charge in [0.1, 0.15) is 6.04 Å². The third kappa shape index (κ3) is 1.87. The number of rotatable bonds is 1. The quantitative estimate of drug-likeness (QED) is 0.549. The molecular weight excluding hydrogens is 182 g/mol. The van der Waals surface area contributed by atoms with E-state index in [1.807, 2.05) is 4.90 Å². The van der Waals surface area contributed by atoms with E-state index in [1.165, 1.54) is 0 Å². The fraction of sp³-hybridized carbons (Fsp3) is 0.778. The number of hydrogen-bond donors (Lipinski definition) is 2. The maximum Gasteiger partial charge on any atom is 0.245 e. The van der Waals surface area contributed by atoms with E-state index in [4.69, 9.17) is 0 Å². The Kier molecular flexibility index (Phi) is 2.67. The van der Waals surface area contributed by atoms with Crippen LogP contribution in [-0.2, 0) is 9.59 Å². The van der Waals surface area contributed by atoms with E-state index in [0.717, 1.165) is 26.2 Å². The van der Waals surface area contributed by atoms with Gasteiger partial charge in [0.05, 0.1) is 0 Å². The Bertz CT molecular complexity index is 248. The summed E-state index contributed by atoms with van der Waals surface area (Å²) in [6.45, 7) is 3.22. The highest BCUT2D eigenvalue weighted by Gasteiger charge is 2.30. The molecule has 0 spiro atoms. The van der Waals surface area contributed by atoms with Gasteiger partial charge in [-0.1, -0.05) is 0 Å². The van der Waals surface area contributed by atoms with Crippen LogP contribution in [0.15, 0.2) is 0 Å². The first-order valence-corrected chi connectivity index (χ1v) is 5.06. The van der Waals surface area contributed by atoms with Crippen LogP contribution in [0.1, 0.15) is 12.8 Å². The van der Waals surface area contributed by atoms with Gasteiger partial charge in [0.2, 0.25) is 11.8 Å². The maximum absolute atomic E-state index is 11.8. The molecule has 1 atom stereocenters. The van der Waals surface area contributed by atoms with Crippen LogP contribution in [-0.4, -0.2) is 48.9 Å². The van der Waals surface area contributed by atoms with Gasteiger partial charge in [-0.25, -0.2) is 0 Å². The standard InChI is InChI=1S/C9H15N3O2/c13-8-2-1-7(11-8)9(14)12-5-3-10-4-6-12/h7,10H,1-6H2,(H,11,13)/t7-/m0/s1. The van der Waals surface area contributed by atoms with Crippen LogP contribution in [0.3, 0.4) is 0 Å². The second-order valence-electron chi connectivity index (χ2n) is 3.73. The zero-order valence-corrected chi connectivity index (χ0v) is 8.08. The molecule has 2 saturated heterocycles. The summed E-state index contributed by atoms with van der Waals surface area (Å²) in [6.07, 6.45) is 1.14. The molecule has 2 heterocycles. The Morgan fingerprint density at radius 2 is 2.07 bits per heavy atom. The number of piperazine rings is 1. The molecule has 0 bridgehead atoms. The summed E-state index contributed by atoms with van der Waals surface area (Å²) < 4.78 is 0. The lowest BCUT2D eigenvalue weighted by atomic mass is 10.2. The highest BCUT2D eigenvalue weighted by atomic mass is 16.2. The molecule has 0 aromatic carbocycles. The van der Waals surface area contributed by atoms with Crippen LogP contribution < -0.4 is 10.6 Å². The third-order valence-electron chi connectivity index (χ3n) is 2.72. The Balaban J connectivity index is 1.90. The second-order valence-corrected chi connectivity index (χ2v) is 3.73. The Hall–Kier alpha value is -1.10. The molecule has 2 aliphatic rings. The Morgan fingerprint density at radius 1 is 1.36 bits per heavy atom. The smallest absolute Gasteiger partial charge is 0.245 e. The van der Waals surface area contributed by atoms with E-state index in [0.29, 0.717) is 12.8 Å². The van der Waals surface area contributed by atoms with Gasteiger partial charge in [0, 0.05) is 32.6 Å².